The van der Waals surface area contributed by atoms with Gasteiger partial charge in [-0.2, -0.15) is 9.65 Å². The van der Waals surface area contributed by atoms with Crippen molar-refractivity contribution in [2.45, 2.75) is 45.7 Å². The first-order valence-electron chi connectivity index (χ1n) is 12.2. The van der Waals surface area contributed by atoms with E-state index in [0.717, 1.165) is 18.9 Å². The van der Waals surface area contributed by atoms with Crippen molar-refractivity contribution in [2.24, 2.45) is 5.41 Å². The Balaban J connectivity index is 1.62. The van der Waals surface area contributed by atoms with Crippen LogP contribution in [0.1, 0.15) is 63.9 Å². The zero-order valence-corrected chi connectivity index (χ0v) is 20.2. The van der Waals surface area contributed by atoms with E-state index in [1.807, 2.05) is 20.8 Å². The van der Waals surface area contributed by atoms with E-state index in [-0.39, 0.29) is 33.9 Å². The number of hydrogen-bond donors (Lipinski definition) is 2. The Morgan fingerprint density at radius 2 is 2.03 bits per heavy atom. The molecule has 3 heterocycles. The van der Waals surface area contributed by atoms with Crippen molar-refractivity contribution < 1.29 is 10.2 Å². The molecular weight excluding hydrogens is 462 g/mol. The van der Waals surface area contributed by atoms with E-state index < -0.39 is 17.8 Å². The van der Waals surface area contributed by atoms with Crippen molar-refractivity contribution in [2.75, 3.05) is 17.2 Å². The van der Waals surface area contributed by atoms with Crippen LogP contribution in [0.2, 0.25) is 0 Å². The Bertz CT molecular complexity index is 1500. The number of benzene rings is 1. The van der Waals surface area contributed by atoms with Crippen molar-refractivity contribution in [1.82, 2.24) is 25.0 Å². The molecule has 10 heteroatoms. The van der Waals surface area contributed by atoms with E-state index in [2.05, 4.69) is 37.0 Å². The van der Waals surface area contributed by atoms with Gasteiger partial charge >= 0.3 is 0 Å². The van der Waals surface area contributed by atoms with Crippen molar-refractivity contribution in [3.63, 3.8) is 0 Å². The highest BCUT2D eigenvalue weighted by Crippen LogP contribution is 2.36. The fraction of sp³-hybridized carbons (Fsp3) is 0.346. The first kappa shape index (κ1) is 22.3. The van der Waals surface area contributed by atoms with E-state index in [1.165, 1.54) is 24.5 Å². The Hall–Kier alpha value is -4.13. The molecule has 1 saturated carbocycles. The van der Waals surface area contributed by atoms with Crippen molar-refractivity contribution >= 4 is 22.3 Å². The molecule has 1 aliphatic carbocycles. The number of aromatic nitrogens is 5. The molecule has 0 unspecified atom stereocenters. The molecule has 1 aliphatic rings. The smallest absolute Gasteiger partial charge is 0.212 e. The number of halogens is 2. The standard InChI is InChI=1S/C26H26F2N8/c1-26(2,3)14-32-23-16(10-29)12-31-25-19(23)8-17(9-20(25)27)33-24(15-4-7-22(28)30-11-15)21-13-36(35-34-21)18-5-6-18/h4,7-9,11-13,18,24,33H,5-6,14H2,1-3H3,(H,31,32)/t24-/m0/s1/i24D. The number of nitrogens with zero attached hydrogens (tertiary/aromatic N) is 6. The average molecular weight is 490 g/mol. The van der Waals surface area contributed by atoms with Crippen LogP contribution in [0.4, 0.5) is 20.2 Å². The summed E-state index contributed by atoms with van der Waals surface area (Å²) in [5.41, 5.74) is 1.54. The highest BCUT2D eigenvalue weighted by molar-refractivity contribution is 5.96. The average Bonchev–Trinajstić information content (AvgIpc) is 3.58. The van der Waals surface area contributed by atoms with Gasteiger partial charge in [0, 0.05) is 30.0 Å². The minimum Gasteiger partial charge on any atom is -0.383 e. The summed E-state index contributed by atoms with van der Waals surface area (Å²) in [6.07, 6.45) is 6.22. The zero-order chi connectivity index (χ0) is 26.4. The van der Waals surface area contributed by atoms with Gasteiger partial charge in [-0.25, -0.2) is 14.1 Å². The van der Waals surface area contributed by atoms with Crippen molar-refractivity contribution in [1.29, 1.82) is 5.26 Å². The van der Waals surface area contributed by atoms with Crippen LogP contribution in [0.15, 0.2) is 42.9 Å². The minimum atomic E-state index is -1.76. The summed E-state index contributed by atoms with van der Waals surface area (Å²) >= 11 is 0. The van der Waals surface area contributed by atoms with E-state index in [9.17, 15) is 11.0 Å². The molecule has 8 nitrogen and oxygen atoms in total. The molecule has 184 valence electrons. The maximum Gasteiger partial charge on any atom is 0.212 e. The number of rotatable bonds is 7. The summed E-state index contributed by atoms with van der Waals surface area (Å²) in [4.78, 5) is 7.87. The van der Waals surface area contributed by atoms with Crippen molar-refractivity contribution in [3.05, 3.63) is 71.4 Å². The third-order valence-corrected chi connectivity index (χ3v) is 5.81. The molecule has 1 fully saturated rings. The first-order chi connectivity index (χ1) is 17.6. The molecule has 1 atom stereocenters. The second-order valence-corrected chi connectivity index (χ2v) is 10.1. The normalized spacial score (nSPS) is 15.7. The largest absolute Gasteiger partial charge is 0.383 e. The molecule has 0 amide bonds. The van der Waals surface area contributed by atoms with E-state index in [4.69, 9.17) is 0 Å². The lowest BCUT2D eigenvalue weighted by molar-refractivity contribution is 0.443. The Labute approximate surface area is 208 Å². The summed E-state index contributed by atoms with van der Waals surface area (Å²) in [6.45, 7) is 6.67. The third kappa shape index (κ3) is 4.96. The highest BCUT2D eigenvalue weighted by atomic mass is 19.1. The van der Waals surface area contributed by atoms with Crippen LogP contribution < -0.4 is 10.6 Å². The molecule has 0 radical (unpaired) electrons. The molecule has 0 spiro atoms. The fourth-order valence-electron chi connectivity index (χ4n) is 3.82. The predicted octanol–water partition coefficient (Wildman–Crippen LogP) is 5.37. The molecule has 5 rings (SSSR count). The van der Waals surface area contributed by atoms with Gasteiger partial charge in [0.05, 0.1) is 30.9 Å². The number of nitriles is 1. The fourth-order valence-corrected chi connectivity index (χ4v) is 3.82. The number of fused-ring (bicyclic) bond motifs is 1. The summed E-state index contributed by atoms with van der Waals surface area (Å²) in [5, 5.41) is 24.8. The molecule has 36 heavy (non-hydrogen) atoms. The first-order valence-corrected chi connectivity index (χ1v) is 11.7. The van der Waals surface area contributed by atoms with Gasteiger partial charge in [0.1, 0.15) is 17.3 Å². The van der Waals surface area contributed by atoms with E-state index >= 15 is 4.39 Å². The predicted molar refractivity (Wildman–Crippen MR) is 132 cm³/mol. The lowest BCUT2D eigenvalue weighted by atomic mass is 9.96. The number of anilines is 2. The molecular formula is C26H26F2N8. The second-order valence-electron chi connectivity index (χ2n) is 10.1. The second kappa shape index (κ2) is 9.15. The zero-order valence-electron chi connectivity index (χ0n) is 21.2. The van der Waals surface area contributed by atoms with Gasteiger partial charge in [0.2, 0.25) is 5.95 Å². The lowest BCUT2D eigenvalue weighted by Crippen LogP contribution is -2.20. The Kier molecular flexibility index (Phi) is 5.68. The van der Waals surface area contributed by atoms with Crippen LogP contribution in [0, 0.1) is 28.5 Å². The van der Waals surface area contributed by atoms with Crippen LogP contribution in [0.5, 0.6) is 0 Å². The van der Waals surface area contributed by atoms with Gasteiger partial charge in [0.25, 0.3) is 0 Å². The van der Waals surface area contributed by atoms with E-state index in [1.54, 1.807) is 16.9 Å². The maximum atomic E-state index is 15.3. The van der Waals surface area contributed by atoms with E-state index in [0.29, 0.717) is 23.2 Å². The minimum absolute atomic E-state index is 0.0969. The molecule has 0 aliphatic heterocycles. The molecule has 4 aromatic rings. The summed E-state index contributed by atoms with van der Waals surface area (Å²) < 4.78 is 40.0. The van der Waals surface area contributed by atoms with Crippen LogP contribution >= 0.6 is 0 Å². The highest BCUT2D eigenvalue weighted by Gasteiger charge is 2.27. The number of hydrogen-bond acceptors (Lipinski definition) is 7. The van der Waals surface area contributed by atoms with Crippen molar-refractivity contribution in [3.8, 4) is 6.07 Å². The van der Waals surface area contributed by atoms with Gasteiger partial charge < -0.3 is 10.6 Å². The SMILES string of the molecule is [2H][C@](Nc1cc(F)c2ncc(C#N)c(NCC(C)(C)C)c2c1)(c1ccc(F)nc1)c1cn(C2CC2)nn1. The summed E-state index contributed by atoms with van der Waals surface area (Å²) in [7, 11) is 0. The molecule has 3 aromatic heterocycles. The Morgan fingerprint density at radius 1 is 1.22 bits per heavy atom. The lowest BCUT2D eigenvalue weighted by Gasteiger charge is -2.22. The summed E-state index contributed by atoms with van der Waals surface area (Å²) in [5.74, 6) is -1.31. The molecule has 2 N–H and O–H groups in total. The van der Waals surface area contributed by atoms with Crippen LogP contribution in [-0.2, 0) is 0 Å². The van der Waals surface area contributed by atoms with Crippen LogP contribution in [0.3, 0.4) is 0 Å². The number of nitrogens with one attached hydrogen (secondary N) is 2. The van der Waals surface area contributed by atoms with Gasteiger partial charge in [0.15, 0.2) is 5.82 Å². The van der Waals surface area contributed by atoms with Gasteiger partial charge in [-0.15, -0.1) is 5.10 Å². The molecule has 0 saturated heterocycles. The van der Waals surface area contributed by atoms with Gasteiger partial charge in [-0.3, -0.25) is 4.98 Å². The van der Waals surface area contributed by atoms with Crippen LogP contribution in [-0.4, -0.2) is 31.5 Å². The molecule has 0 bridgehead atoms. The summed E-state index contributed by atoms with van der Waals surface area (Å²) in [6, 6.07) is 6.07. The number of pyridine rings is 2. The van der Waals surface area contributed by atoms with Gasteiger partial charge in [-0.1, -0.05) is 32.1 Å². The van der Waals surface area contributed by atoms with Gasteiger partial charge in [-0.05, 0) is 42.0 Å². The Morgan fingerprint density at radius 3 is 2.69 bits per heavy atom. The quantitative estimate of drug-likeness (QED) is 0.337. The topological polar surface area (TPSA) is 104 Å². The maximum absolute atomic E-state index is 15.3. The molecule has 1 aromatic carbocycles. The van der Waals surface area contributed by atoms with Crippen LogP contribution in [0.25, 0.3) is 10.9 Å². The third-order valence-electron chi connectivity index (χ3n) is 5.81. The monoisotopic (exact) mass is 489 g/mol.